The van der Waals surface area contributed by atoms with Crippen molar-refractivity contribution in [2.75, 3.05) is 31.6 Å². The number of amides is 1. The van der Waals surface area contributed by atoms with Crippen molar-refractivity contribution in [3.8, 4) is 0 Å². The average Bonchev–Trinajstić information content (AvgIpc) is 3.47. The zero-order valence-electron chi connectivity index (χ0n) is 17.0. The summed E-state index contributed by atoms with van der Waals surface area (Å²) in [6, 6.07) is 14.3. The largest absolute Gasteiger partial charge is 0.379 e. The van der Waals surface area contributed by atoms with Crippen LogP contribution in [0.5, 0.6) is 0 Å². The lowest BCUT2D eigenvalue weighted by Gasteiger charge is -2.20. The Balaban J connectivity index is 1.27. The van der Waals surface area contributed by atoms with E-state index in [0.29, 0.717) is 18.1 Å². The van der Waals surface area contributed by atoms with Gasteiger partial charge in [0, 0.05) is 36.8 Å². The number of aromatic nitrogens is 2. The number of rotatable bonds is 5. The van der Waals surface area contributed by atoms with Crippen LogP contribution in [-0.4, -0.2) is 53.1 Å². The molecule has 6 heteroatoms. The third kappa shape index (κ3) is 3.87. The molecule has 6 nitrogen and oxygen atoms in total. The van der Waals surface area contributed by atoms with Gasteiger partial charge in [0.25, 0.3) is 5.91 Å². The second kappa shape index (κ2) is 8.40. The molecule has 2 saturated heterocycles. The Morgan fingerprint density at radius 2 is 1.93 bits per heavy atom. The van der Waals surface area contributed by atoms with E-state index in [1.165, 1.54) is 10.9 Å². The lowest BCUT2D eigenvalue weighted by molar-refractivity contribution is 0.0792. The summed E-state index contributed by atoms with van der Waals surface area (Å²) in [5.74, 6) is 1.22. The summed E-state index contributed by atoms with van der Waals surface area (Å²) in [6.07, 6.45) is 6.67. The van der Waals surface area contributed by atoms with E-state index in [1.54, 1.807) is 6.20 Å². The number of fused-ring (bicyclic) bond motifs is 1. The fourth-order valence-corrected chi connectivity index (χ4v) is 4.47. The molecular weight excluding hydrogens is 376 g/mol. The number of nitrogens with zero attached hydrogens (tertiary/aromatic N) is 3. The summed E-state index contributed by atoms with van der Waals surface area (Å²) in [6.45, 7) is 3.08. The SMILES string of the molecule is O=C(c1ccc(N[C@@H]2COC[C@H]2Cc2ccnc3ccccc23)nc1)N1CCCC1. The standard InChI is InChI=1S/C24H26N4O2/c29-24(28-11-3-4-12-28)18-7-8-23(26-14-18)27-22-16-30-15-19(22)13-17-9-10-25-21-6-2-1-5-20(17)21/h1-2,5-10,14,19,22H,3-4,11-13,15-16H2,(H,26,27)/t19-,22-/m1/s1. The Labute approximate surface area is 176 Å². The fraction of sp³-hybridized carbons (Fsp3) is 0.375. The van der Waals surface area contributed by atoms with Crippen molar-refractivity contribution in [2.45, 2.75) is 25.3 Å². The maximum absolute atomic E-state index is 12.5. The summed E-state index contributed by atoms with van der Waals surface area (Å²) >= 11 is 0. The van der Waals surface area contributed by atoms with Gasteiger partial charge in [-0.1, -0.05) is 18.2 Å². The molecule has 2 aliphatic rings. The van der Waals surface area contributed by atoms with Crippen molar-refractivity contribution in [1.82, 2.24) is 14.9 Å². The molecule has 0 unspecified atom stereocenters. The van der Waals surface area contributed by atoms with E-state index in [0.717, 1.165) is 50.3 Å². The highest BCUT2D eigenvalue weighted by molar-refractivity contribution is 5.94. The van der Waals surface area contributed by atoms with Gasteiger partial charge in [0.15, 0.2) is 0 Å². The van der Waals surface area contributed by atoms with Gasteiger partial charge in [-0.05, 0) is 49.1 Å². The Morgan fingerprint density at radius 3 is 2.77 bits per heavy atom. The number of likely N-dealkylation sites (tertiary alicyclic amines) is 1. The molecule has 4 heterocycles. The molecule has 2 aromatic heterocycles. The number of anilines is 1. The molecule has 2 fully saturated rings. The lowest BCUT2D eigenvalue weighted by Crippen LogP contribution is -2.30. The highest BCUT2D eigenvalue weighted by Crippen LogP contribution is 2.26. The number of nitrogens with one attached hydrogen (secondary N) is 1. The topological polar surface area (TPSA) is 67.3 Å². The minimum absolute atomic E-state index is 0.0817. The molecular formula is C24H26N4O2. The van der Waals surface area contributed by atoms with Crippen LogP contribution in [0.15, 0.2) is 54.9 Å². The number of ether oxygens (including phenoxy) is 1. The zero-order chi connectivity index (χ0) is 20.3. The Bertz CT molecular complexity index is 1030. The molecule has 154 valence electrons. The molecule has 1 aromatic carbocycles. The Hall–Kier alpha value is -2.99. The molecule has 5 rings (SSSR count). The van der Waals surface area contributed by atoms with Gasteiger partial charge in [0.1, 0.15) is 5.82 Å². The van der Waals surface area contributed by atoms with Crippen LogP contribution in [0.4, 0.5) is 5.82 Å². The van der Waals surface area contributed by atoms with Crippen LogP contribution in [0.1, 0.15) is 28.8 Å². The van der Waals surface area contributed by atoms with E-state index in [4.69, 9.17) is 4.74 Å². The van der Waals surface area contributed by atoms with Gasteiger partial charge in [-0.15, -0.1) is 0 Å². The summed E-state index contributed by atoms with van der Waals surface area (Å²) < 4.78 is 5.79. The molecule has 0 spiro atoms. The van der Waals surface area contributed by atoms with E-state index < -0.39 is 0 Å². The molecule has 1 amide bonds. The quantitative estimate of drug-likeness (QED) is 0.707. The fourth-order valence-electron chi connectivity index (χ4n) is 4.47. The Kier molecular flexibility index (Phi) is 5.32. The average molecular weight is 402 g/mol. The number of para-hydroxylation sites is 1. The van der Waals surface area contributed by atoms with Gasteiger partial charge >= 0.3 is 0 Å². The van der Waals surface area contributed by atoms with Gasteiger partial charge in [-0.25, -0.2) is 4.98 Å². The molecule has 0 bridgehead atoms. The monoisotopic (exact) mass is 402 g/mol. The normalized spacial score (nSPS) is 21.3. The van der Waals surface area contributed by atoms with Crippen LogP contribution in [0.3, 0.4) is 0 Å². The van der Waals surface area contributed by atoms with Crippen LogP contribution in [0.2, 0.25) is 0 Å². The molecule has 30 heavy (non-hydrogen) atoms. The molecule has 0 aliphatic carbocycles. The van der Waals surface area contributed by atoms with Crippen LogP contribution in [-0.2, 0) is 11.2 Å². The number of carbonyl (C=O) groups excluding carboxylic acids is 1. The van der Waals surface area contributed by atoms with Gasteiger partial charge in [0.05, 0.1) is 30.3 Å². The molecule has 2 aliphatic heterocycles. The Morgan fingerprint density at radius 1 is 1.07 bits per heavy atom. The molecule has 0 radical (unpaired) electrons. The van der Waals surface area contributed by atoms with Crippen molar-refractivity contribution in [2.24, 2.45) is 5.92 Å². The first kappa shape index (κ1) is 19.0. The molecule has 1 N–H and O–H groups in total. The van der Waals surface area contributed by atoms with E-state index in [1.807, 2.05) is 29.3 Å². The first-order valence-electron chi connectivity index (χ1n) is 10.7. The second-order valence-electron chi connectivity index (χ2n) is 8.17. The minimum Gasteiger partial charge on any atom is -0.379 e. The lowest BCUT2D eigenvalue weighted by atomic mass is 9.93. The number of carbonyl (C=O) groups is 1. The second-order valence-corrected chi connectivity index (χ2v) is 8.17. The highest BCUT2D eigenvalue weighted by atomic mass is 16.5. The van der Waals surface area contributed by atoms with Gasteiger partial charge in [-0.2, -0.15) is 0 Å². The van der Waals surface area contributed by atoms with Crippen molar-refractivity contribution >= 4 is 22.6 Å². The number of hydrogen-bond donors (Lipinski definition) is 1. The van der Waals surface area contributed by atoms with Gasteiger partial charge in [-0.3, -0.25) is 9.78 Å². The van der Waals surface area contributed by atoms with Crippen molar-refractivity contribution < 1.29 is 9.53 Å². The summed E-state index contributed by atoms with van der Waals surface area (Å²) in [5.41, 5.74) is 2.98. The highest BCUT2D eigenvalue weighted by Gasteiger charge is 2.29. The molecule has 2 atom stereocenters. The summed E-state index contributed by atoms with van der Waals surface area (Å²) in [5, 5.41) is 4.72. The van der Waals surface area contributed by atoms with Crippen molar-refractivity contribution in [3.05, 3.63) is 66.0 Å². The van der Waals surface area contributed by atoms with Crippen LogP contribution < -0.4 is 5.32 Å². The van der Waals surface area contributed by atoms with Gasteiger partial charge in [0.2, 0.25) is 0 Å². The van der Waals surface area contributed by atoms with E-state index in [2.05, 4.69) is 39.6 Å². The van der Waals surface area contributed by atoms with E-state index >= 15 is 0 Å². The van der Waals surface area contributed by atoms with Crippen LogP contribution >= 0.6 is 0 Å². The predicted molar refractivity (Wildman–Crippen MR) is 117 cm³/mol. The number of benzene rings is 1. The molecule has 3 aromatic rings. The van der Waals surface area contributed by atoms with Crippen molar-refractivity contribution in [1.29, 1.82) is 0 Å². The zero-order valence-corrected chi connectivity index (χ0v) is 17.0. The van der Waals surface area contributed by atoms with Crippen molar-refractivity contribution in [3.63, 3.8) is 0 Å². The third-order valence-corrected chi connectivity index (χ3v) is 6.16. The minimum atomic E-state index is 0.0817. The first-order chi connectivity index (χ1) is 14.8. The summed E-state index contributed by atoms with van der Waals surface area (Å²) in [7, 11) is 0. The smallest absolute Gasteiger partial charge is 0.255 e. The number of pyridine rings is 2. The molecule has 0 saturated carbocycles. The maximum atomic E-state index is 12.5. The van der Waals surface area contributed by atoms with Crippen LogP contribution in [0, 0.1) is 5.92 Å². The summed E-state index contributed by atoms with van der Waals surface area (Å²) in [4.78, 5) is 23.4. The maximum Gasteiger partial charge on any atom is 0.255 e. The first-order valence-corrected chi connectivity index (χ1v) is 10.7. The third-order valence-electron chi connectivity index (χ3n) is 6.16. The van der Waals surface area contributed by atoms with Crippen LogP contribution in [0.25, 0.3) is 10.9 Å². The predicted octanol–water partition coefficient (Wildman–Crippen LogP) is 3.54. The number of hydrogen-bond acceptors (Lipinski definition) is 5. The van der Waals surface area contributed by atoms with E-state index in [-0.39, 0.29) is 11.9 Å². The van der Waals surface area contributed by atoms with E-state index in [9.17, 15) is 4.79 Å². The van der Waals surface area contributed by atoms with Gasteiger partial charge < -0.3 is 15.0 Å².